The van der Waals surface area contributed by atoms with Crippen molar-refractivity contribution in [3.8, 4) is 0 Å². The topological polar surface area (TPSA) is 70.0 Å². The van der Waals surface area contributed by atoms with Crippen molar-refractivity contribution in [2.45, 2.75) is 37.4 Å². The second kappa shape index (κ2) is 4.69. The largest absolute Gasteiger partial charge is 0.481 e. The number of aliphatic carboxylic acids is 1. The fraction of sp³-hybridized carbons (Fsp3) is 0.909. The highest BCUT2D eigenvalue weighted by Crippen LogP contribution is 2.34. The number of hydrogen-bond donors (Lipinski definition) is 2. The summed E-state index contributed by atoms with van der Waals surface area (Å²) in [5, 5.41) is 18.3. The summed E-state index contributed by atoms with van der Waals surface area (Å²) in [6, 6.07) is 0. The van der Waals surface area contributed by atoms with Gasteiger partial charge in [-0.3, -0.25) is 9.69 Å². The normalized spacial score (nSPS) is 35.7. The van der Waals surface area contributed by atoms with E-state index in [1.54, 1.807) is 0 Å². The van der Waals surface area contributed by atoms with Gasteiger partial charge in [-0.2, -0.15) is 0 Å². The fourth-order valence-electron chi connectivity index (χ4n) is 2.66. The Labute approximate surface area is 95.0 Å². The zero-order valence-electron chi connectivity index (χ0n) is 9.39. The van der Waals surface area contributed by atoms with Crippen LogP contribution in [0.3, 0.4) is 0 Å². The second-order valence-electron chi connectivity index (χ2n) is 4.85. The molecule has 0 amide bonds. The smallest absolute Gasteiger partial charge is 0.304 e. The molecule has 0 aliphatic carbocycles. The Kier molecular flexibility index (Phi) is 3.47. The lowest BCUT2D eigenvalue weighted by molar-refractivity contribution is -0.137. The van der Waals surface area contributed by atoms with E-state index in [0.717, 1.165) is 25.9 Å². The van der Waals surface area contributed by atoms with Gasteiger partial charge in [0.15, 0.2) is 0 Å². The molecule has 0 unspecified atom stereocenters. The van der Waals surface area contributed by atoms with Crippen molar-refractivity contribution >= 4 is 5.97 Å². The van der Waals surface area contributed by atoms with Crippen molar-refractivity contribution in [1.82, 2.24) is 4.90 Å². The summed E-state index contributed by atoms with van der Waals surface area (Å²) in [6.07, 6.45) is 2.24. The van der Waals surface area contributed by atoms with E-state index in [9.17, 15) is 9.90 Å². The van der Waals surface area contributed by atoms with Crippen LogP contribution in [-0.4, -0.2) is 59.0 Å². The van der Waals surface area contributed by atoms with Crippen LogP contribution in [0.5, 0.6) is 0 Å². The lowest BCUT2D eigenvalue weighted by atomic mass is 9.91. The SMILES string of the molecule is O=C(O)CCN1CC[C@]2(C[C@H](O)CCO2)C1. The lowest BCUT2D eigenvalue weighted by Crippen LogP contribution is -2.44. The molecule has 2 aliphatic rings. The molecule has 0 radical (unpaired) electrons. The summed E-state index contributed by atoms with van der Waals surface area (Å²) in [4.78, 5) is 12.6. The molecule has 92 valence electrons. The molecule has 16 heavy (non-hydrogen) atoms. The first-order chi connectivity index (χ1) is 7.60. The predicted octanol–water partition coefficient (Wildman–Crippen LogP) is 0.0769. The standard InChI is InChI=1S/C11H19NO4/c13-9-2-6-16-11(7-9)3-5-12(8-11)4-1-10(14)15/h9,13H,1-8H2,(H,14,15)/t9-,11+/m1/s1. The van der Waals surface area contributed by atoms with Crippen LogP contribution in [0.1, 0.15) is 25.7 Å². The van der Waals surface area contributed by atoms with Crippen LogP contribution < -0.4 is 0 Å². The van der Waals surface area contributed by atoms with E-state index in [-0.39, 0.29) is 18.1 Å². The minimum atomic E-state index is -0.759. The van der Waals surface area contributed by atoms with Gasteiger partial charge in [0.2, 0.25) is 0 Å². The van der Waals surface area contributed by atoms with E-state index in [2.05, 4.69) is 4.90 Å². The van der Waals surface area contributed by atoms with Gasteiger partial charge in [0.25, 0.3) is 0 Å². The van der Waals surface area contributed by atoms with Gasteiger partial charge in [0.1, 0.15) is 0 Å². The lowest BCUT2D eigenvalue weighted by Gasteiger charge is -2.36. The number of nitrogens with zero attached hydrogens (tertiary/aromatic N) is 1. The number of likely N-dealkylation sites (tertiary alicyclic amines) is 1. The zero-order chi connectivity index (χ0) is 11.6. The highest BCUT2D eigenvalue weighted by molar-refractivity contribution is 5.66. The van der Waals surface area contributed by atoms with E-state index in [0.29, 0.717) is 19.6 Å². The van der Waals surface area contributed by atoms with Gasteiger partial charge in [-0.25, -0.2) is 0 Å². The molecule has 0 aromatic carbocycles. The summed E-state index contributed by atoms with van der Waals surface area (Å²) >= 11 is 0. The van der Waals surface area contributed by atoms with Gasteiger partial charge in [0.05, 0.1) is 18.1 Å². The molecular formula is C11H19NO4. The molecule has 5 nitrogen and oxygen atoms in total. The Morgan fingerprint density at radius 2 is 2.38 bits per heavy atom. The number of carboxylic acid groups (broad SMARTS) is 1. The third-order valence-electron chi connectivity index (χ3n) is 3.50. The molecule has 2 aliphatic heterocycles. The quantitative estimate of drug-likeness (QED) is 0.717. The molecule has 2 fully saturated rings. The Morgan fingerprint density at radius 1 is 1.56 bits per heavy atom. The molecule has 0 aromatic heterocycles. The van der Waals surface area contributed by atoms with Crippen molar-refractivity contribution in [1.29, 1.82) is 0 Å². The Balaban J connectivity index is 1.84. The van der Waals surface area contributed by atoms with Crippen LogP contribution >= 0.6 is 0 Å². The first-order valence-electron chi connectivity index (χ1n) is 5.86. The minimum Gasteiger partial charge on any atom is -0.481 e. The maximum absolute atomic E-state index is 10.5. The highest BCUT2D eigenvalue weighted by atomic mass is 16.5. The molecule has 2 rings (SSSR count). The van der Waals surface area contributed by atoms with Crippen LogP contribution in [-0.2, 0) is 9.53 Å². The molecule has 2 saturated heterocycles. The molecule has 0 bridgehead atoms. The summed E-state index contributed by atoms with van der Waals surface area (Å²) in [5.74, 6) is -0.759. The first kappa shape index (κ1) is 11.8. The summed E-state index contributed by atoms with van der Waals surface area (Å²) < 4.78 is 5.78. The Bertz CT molecular complexity index is 271. The molecule has 1 spiro atoms. The van der Waals surface area contributed by atoms with E-state index in [1.807, 2.05) is 0 Å². The fourth-order valence-corrected chi connectivity index (χ4v) is 2.66. The number of carboxylic acids is 1. The van der Waals surface area contributed by atoms with Crippen molar-refractivity contribution in [3.05, 3.63) is 0 Å². The molecule has 5 heteroatoms. The number of aliphatic hydroxyl groups is 1. The number of hydrogen-bond acceptors (Lipinski definition) is 4. The summed E-state index contributed by atoms with van der Waals surface area (Å²) in [7, 11) is 0. The van der Waals surface area contributed by atoms with Gasteiger partial charge >= 0.3 is 5.97 Å². The third-order valence-corrected chi connectivity index (χ3v) is 3.50. The maximum Gasteiger partial charge on any atom is 0.304 e. The van der Waals surface area contributed by atoms with Crippen molar-refractivity contribution in [2.24, 2.45) is 0 Å². The monoisotopic (exact) mass is 229 g/mol. The van der Waals surface area contributed by atoms with Gasteiger partial charge in [-0.05, 0) is 12.8 Å². The number of ether oxygens (including phenoxy) is 1. The average molecular weight is 229 g/mol. The summed E-state index contributed by atoms with van der Waals surface area (Å²) in [5.41, 5.74) is -0.212. The van der Waals surface area contributed by atoms with E-state index in [4.69, 9.17) is 9.84 Å². The molecule has 2 atom stereocenters. The zero-order valence-corrected chi connectivity index (χ0v) is 9.39. The molecule has 0 saturated carbocycles. The third kappa shape index (κ3) is 2.72. The molecule has 0 aromatic rings. The maximum atomic E-state index is 10.5. The summed E-state index contributed by atoms with van der Waals surface area (Å²) in [6.45, 7) is 2.84. The van der Waals surface area contributed by atoms with Crippen molar-refractivity contribution in [3.63, 3.8) is 0 Å². The first-order valence-corrected chi connectivity index (χ1v) is 5.86. The second-order valence-corrected chi connectivity index (χ2v) is 4.85. The molecule has 2 heterocycles. The molecular weight excluding hydrogens is 210 g/mol. The highest BCUT2D eigenvalue weighted by Gasteiger charge is 2.42. The van der Waals surface area contributed by atoms with E-state index < -0.39 is 5.97 Å². The van der Waals surface area contributed by atoms with Crippen molar-refractivity contribution in [2.75, 3.05) is 26.2 Å². The van der Waals surface area contributed by atoms with Crippen LogP contribution in [0.15, 0.2) is 0 Å². The molecule has 2 N–H and O–H groups in total. The number of rotatable bonds is 3. The predicted molar refractivity (Wildman–Crippen MR) is 57.2 cm³/mol. The van der Waals surface area contributed by atoms with Crippen LogP contribution in [0.25, 0.3) is 0 Å². The minimum absolute atomic E-state index is 0.179. The van der Waals surface area contributed by atoms with Gasteiger partial charge in [0, 0.05) is 32.7 Å². The van der Waals surface area contributed by atoms with Gasteiger partial charge < -0.3 is 14.9 Å². The van der Waals surface area contributed by atoms with E-state index >= 15 is 0 Å². The Morgan fingerprint density at radius 3 is 3.06 bits per heavy atom. The van der Waals surface area contributed by atoms with Crippen LogP contribution in [0.4, 0.5) is 0 Å². The number of carbonyl (C=O) groups is 1. The van der Waals surface area contributed by atoms with E-state index in [1.165, 1.54) is 0 Å². The van der Waals surface area contributed by atoms with Crippen LogP contribution in [0, 0.1) is 0 Å². The Hall–Kier alpha value is -0.650. The van der Waals surface area contributed by atoms with Gasteiger partial charge in [-0.15, -0.1) is 0 Å². The number of aliphatic hydroxyl groups excluding tert-OH is 1. The average Bonchev–Trinajstić information content (AvgIpc) is 2.58. The van der Waals surface area contributed by atoms with Crippen LogP contribution in [0.2, 0.25) is 0 Å². The van der Waals surface area contributed by atoms with Gasteiger partial charge in [-0.1, -0.05) is 0 Å². The van der Waals surface area contributed by atoms with Crippen molar-refractivity contribution < 1.29 is 19.7 Å².